The Morgan fingerprint density at radius 2 is 1.91 bits per heavy atom. The molecular formula is C22H22Cl2FN3O4. The maximum atomic E-state index is 13.4. The Hall–Kier alpha value is -2.42. The van der Waals surface area contributed by atoms with E-state index in [0.29, 0.717) is 31.5 Å². The number of Topliss-reactive ketones (excluding diaryl/α,β-unsaturated/α-hetero) is 1. The molecule has 2 heterocycles. The zero-order valence-electron chi connectivity index (χ0n) is 17.1. The van der Waals surface area contributed by atoms with Gasteiger partial charge in [-0.05, 0) is 56.7 Å². The molecule has 10 heteroatoms. The molecule has 0 unspecified atom stereocenters. The number of carbonyl (C=O) groups is 3. The summed E-state index contributed by atoms with van der Waals surface area (Å²) in [6.07, 6.45) is 4.13. The molecule has 1 aliphatic carbocycles. The van der Waals surface area contributed by atoms with E-state index in [4.69, 9.17) is 23.2 Å². The van der Waals surface area contributed by atoms with E-state index in [2.05, 4.69) is 10.6 Å². The minimum Gasteiger partial charge on any atom is -0.394 e. The summed E-state index contributed by atoms with van der Waals surface area (Å²) < 4.78 is 15.1. The van der Waals surface area contributed by atoms with Crippen LogP contribution >= 0.6 is 23.2 Å². The smallest absolute Gasteiger partial charge is 0.294 e. The van der Waals surface area contributed by atoms with Crippen molar-refractivity contribution >= 4 is 46.5 Å². The van der Waals surface area contributed by atoms with Crippen LogP contribution in [0.4, 0.5) is 10.1 Å². The number of anilines is 1. The number of aliphatic hydroxyl groups is 1. The maximum absolute atomic E-state index is 13.4. The van der Waals surface area contributed by atoms with Gasteiger partial charge in [0.05, 0.1) is 27.8 Å². The van der Waals surface area contributed by atoms with Gasteiger partial charge in [0.25, 0.3) is 17.6 Å². The van der Waals surface area contributed by atoms with Crippen LogP contribution < -0.4 is 10.6 Å². The number of carbonyl (C=O) groups excluding carboxylic acids is 3. The van der Waals surface area contributed by atoms with Crippen molar-refractivity contribution in [2.24, 2.45) is 0 Å². The molecule has 0 atom stereocenters. The molecule has 1 aromatic heterocycles. The van der Waals surface area contributed by atoms with Crippen LogP contribution in [0, 0.1) is 5.82 Å². The first-order chi connectivity index (χ1) is 15.3. The monoisotopic (exact) mass is 481 g/mol. The summed E-state index contributed by atoms with van der Waals surface area (Å²) in [5.74, 6) is -2.89. The van der Waals surface area contributed by atoms with Crippen LogP contribution in [0.5, 0.6) is 0 Å². The standard InChI is InChI=1S/C22H22Cl2FN3O4/c23-13-10-12(5-6-14(13)25)26-20(31)16-15-4-1-2-9-28(15)18(17(16)24)19(30)21(32)27-22(11-29)7-3-8-22/h5-6,10,29H,1-4,7-9,11H2,(H,26,31)(H,27,32). The highest BCUT2D eigenvalue weighted by Crippen LogP contribution is 2.35. The van der Waals surface area contributed by atoms with Crippen molar-refractivity contribution in [1.29, 1.82) is 0 Å². The Labute approximate surface area is 193 Å². The van der Waals surface area contributed by atoms with Crippen LogP contribution in [0.25, 0.3) is 0 Å². The maximum Gasteiger partial charge on any atom is 0.294 e. The quantitative estimate of drug-likeness (QED) is 0.432. The summed E-state index contributed by atoms with van der Waals surface area (Å²) in [7, 11) is 0. The van der Waals surface area contributed by atoms with Crippen molar-refractivity contribution in [3.8, 4) is 0 Å². The average Bonchev–Trinajstić information content (AvgIpc) is 3.04. The van der Waals surface area contributed by atoms with E-state index in [9.17, 15) is 23.9 Å². The highest BCUT2D eigenvalue weighted by molar-refractivity contribution is 6.48. The van der Waals surface area contributed by atoms with Crippen molar-refractivity contribution in [3.63, 3.8) is 0 Å². The molecule has 170 valence electrons. The molecule has 0 bridgehead atoms. The number of aromatic nitrogens is 1. The molecule has 2 aliphatic rings. The zero-order valence-corrected chi connectivity index (χ0v) is 18.7. The van der Waals surface area contributed by atoms with Crippen LogP contribution in [0.1, 0.15) is 58.6 Å². The molecule has 0 radical (unpaired) electrons. The summed E-state index contributed by atoms with van der Waals surface area (Å²) in [5.41, 5.74) is 0.146. The number of nitrogens with one attached hydrogen (secondary N) is 2. The third kappa shape index (κ3) is 4.02. The van der Waals surface area contributed by atoms with E-state index in [-0.39, 0.29) is 33.6 Å². The number of fused-ring (bicyclic) bond motifs is 1. The number of aliphatic hydroxyl groups excluding tert-OH is 1. The van der Waals surface area contributed by atoms with Gasteiger partial charge in [-0.25, -0.2) is 4.39 Å². The van der Waals surface area contributed by atoms with Gasteiger partial charge in [-0.3, -0.25) is 14.4 Å². The van der Waals surface area contributed by atoms with E-state index in [1.807, 2.05) is 0 Å². The molecule has 2 aromatic rings. The summed E-state index contributed by atoms with van der Waals surface area (Å²) >= 11 is 12.3. The van der Waals surface area contributed by atoms with Crippen LogP contribution in [0.15, 0.2) is 18.2 Å². The molecule has 1 fully saturated rings. The summed E-state index contributed by atoms with van der Waals surface area (Å²) in [4.78, 5) is 38.8. The molecule has 1 saturated carbocycles. The van der Waals surface area contributed by atoms with E-state index in [1.54, 1.807) is 4.57 Å². The Kier molecular flexibility index (Phi) is 6.29. The minimum absolute atomic E-state index is 0.0337. The van der Waals surface area contributed by atoms with Crippen molar-refractivity contribution in [3.05, 3.63) is 51.0 Å². The van der Waals surface area contributed by atoms with Gasteiger partial charge in [0.1, 0.15) is 11.5 Å². The van der Waals surface area contributed by atoms with Crippen LogP contribution in [0.2, 0.25) is 10.0 Å². The summed E-state index contributed by atoms with van der Waals surface area (Å²) in [5, 5.41) is 14.6. The first-order valence-corrected chi connectivity index (χ1v) is 11.2. The molecule has 32 heavy (non-hydrogen) atoms. The van der Waals surface area contributed by atoms with Crippen molar-refractivity contribution in [2.45, 2.75) is 50.6 Å². The lowest BCUT2D eigenvalue weighted by atomic mass is 9.77. The van der Waals surface area contributed by atoms with E-state index in [1.165, 1.54) is 12.1 Å². The van der Waals surface area contributed by atoms with Crippen LogP contribution in [0.3, 0.4) is 0 Å². The zero-order chi connectivity index (χ0) is 23.0. The first kappa shape index (κ1) is 22.8. The Bertz CT molecular complexity index is 1110. The van der Waals surface area contributed by atoms with E-state index >= 15 is 0 Å². The molecule has 0 saturated heterocycles. The fourth-order valence-electron chi connectivity index (χ4n) is 4.25. The largest absolute Gasteiger partial charge is 0.394 e. The minimum atomic E-state index is -0.858. The molecular weight excluding hydrogens is 460 g/mol. The summed E-state index contributed by atoms with van der Waals surface area (Å²) in [6.45, 7) is 0.199. The fraction of sp³-hybridized carbons (Fsp3) is 0.409. The van der Waals surface area contributed by atoms with Crippen molar-refractivity contribution in [2.75, 3.05) is 11.9 Å². The van der Waals surface area contributed by atoms with Crippen LogP contribution in [-0.2, 0) is 17.8 Å². The third-order valence-corrected chi connectivity index (χ3v) is 6.83. The molecule has 2 amide bonds. The second-order valence-electron chi connectivity index (χ2n) is 8.25. The number of hydrogen-bond acceptors (Lipinski definition) is 4. The summed E-state index contributed by atoms with van der Waals surface area (Å²) in [6, 6.07) is 3.77. The SMILES string of the molecule is O=C(NC1(CO)CCC1)C(=O)c1c(Cl)c(C(=O)Nc2ccc(F)c(Cl)c2)c2n1CCCC2. The highest BCUT2D eigenvalue weighted by Gasteiger charge is 2.41. The molecule has 7 nitrogen and oxygen atoms in total. The number of nitrogens with zero attached hydrogens (tertiary/aromatic N) is 1. The van der Waals surface area contributed by atoms with Gasteiger partial charge in [-0.2, -0.15) is 0 Å². The second-order valence-corrected chi connectivity index (χ2v) is 9.04. The van der Waals surface area contributed by atoms with Gasteiger partial charge in [-0.1, -0.05) is 23.2 Å². The van der Waals surface area contributed by atoms with Gasteiger partial charge < -0.3 is 20.3 Å². The predicted molar refractivity (Wildman–Crippen MR) is 118 cm³/mol. The van der Waals surface area contributed by atoms with E-state index in [0.717, 1.165) is 25.3 Å². The Balaban J connectivity index is 1.66. The number of amides is 2. The van der Waals surface area contributed by atoms with Gasteiger partial charge in [-0.15, -0.1) is 0 Å². The number of rotatable bonds is 6. The van der Waals surface area contributed by atoms with Crippen LogP contribution in [-0.4, -0.2) is 39.4 Å². The van der Waals surface area contributed by atoms with E-state index < -0.39 is 29.0 Å². The number of halogens is 3. The first-order valence-electron chi connectivity index (χ1n) is 10.4. The van der Waals surface area contributed by atoms with Crippen molar-refractivity contribution in [1.82, 2.24) is 9.88 Å². The van der Waals surface area contributed by atoms with Crippen molar-refractivity contribution < 1.29 is 23.9 Å². The molecule has 4 rings (SSSR count). The normalized spacial score (nSPS) is 16.6. The lowest BCUT2D eigenvalue weighted by molar-refractivity contribution is -0.120. The topological polar surface area (TPSA) is 100 Å². The molecule has 1 aliphatic heterocycles. The van der Waals surface area contributed by atoms with Gasteiger partial charge in [0.2, 0.25) is 0 Å². The Morgan fingerprint density at radius 1 is 1.16 bits per heavy atom. The number of benzene rings is 1. The Morgan fingerprint density at radius 3 is 2.53 bits per heavy atom. The lowest BCUT2D eigenvalue weighted by Crippen LogP contribution is -2.57. The molecule has 0 spiro atoms. The molecule has 1 aromatic carbocycles. The van der Waals surface area contributed by atoms with Gasteiger partial charge in [0, 0.05) is 17.9 Å². The number of hydrogen-bond donors (Lipinski definition) is 3. The molecule has 3 N–H and O–H groups in total. The van der Waals surface area contributed by atoms with Gasteiger partial charge >= 0.3 is 0 Å². The third-order valence-electron chi connectivity index (χ3n) is 6.17. The highest BCUT2D eigenvalue weighted by atomic mass is 35.5. The van der Waals surface area contributed by atoms with Gasteiger partial charge in [0.15, 0.2) is 0 Å². The lowest BCUT2D eigenvalue weighted by Gasteiger charge is -2.40. The fourth-order valence-corrected chi connectivity index (χ4v) is 4.82. The second kappa shape index (κ2) is 8.84. The predicted octanol–water partition coefficient (Wildman–Crippen LogP) is 3.74. The average molecular weight is 482 g/mol. The number of ketones is 1.